The fourth-order valence-electron chi connectivity index (χ4n) is 5.33. The van der Waals surface area contributed by atoms with Crippen molar-refractivity contribution in [3.05, 3.63) is 101 Å². The van der Waals surface area contributed by atoms with E-state index in [9.17, 15) is 14.4 Å². The van der Waals surface area contributed by atoms with Crippen LogP contribution < -0.4 is 15.4 Å². The van der Waals surface area contributed by atoms with Gasteiger partial charge in [0, 0.05) is 31.1 Å². The lowest BCUT2D eigenvalue weighted by Gasteiger charge is -2.31. The fraction of sp³-hybridized carbons (Fsp3) is 0.324. The minimum atomic E-state index is -0.561. The Kier molecular flexibility index (Phi) is 8.82. The molecule has 0 unspecified atom stereocenters. The van der Waals surface area contributed by atoms with Crippen LogP contribution >= 0.6 is 0 Å². The van der Waals surface area contributed by atoms with Gasteiger partial charge in [-0.3, -0.25) is 14.2 Å². The summed E-state index contributed by atoms with van der Waals surface area (Å²) in [5, 5.41) is 7.21. The molecule has 1 aromatic heterocycles. The van der Waals surface area contributed by atoms with Crippen LogP contribution in [0.1, 0.15) is 52.7 Å². The lowest BCUT2D eigenvalue weighted by atomic mass is 10.0. The van der Waals surface area contributed by atoms with Crippen LogP contribution in [0.4, 0.5) is 4.79 Å². The minimum Gasteiger partial charge on any atom is -0.497 e. The molecular formula is C34H38N4O5. The number of carbonyl (C=O) groups is 3. The number of alkyl carbamates (subject to hydrolysis) is 1. The number of amides is 2. The summed E-state index contributed by atoms with van der Waals surface area (Å²) in [5.41, 5.74) is 3.63. The first-order valence-corrected chi connectivity index (χ1v) is 14.4. The first-order valence-electron chi connectivity index (χ1n) is 14.4. The van der Waals surface area contributed by atoms with Gasteiger partial charge >= 0.3 is 6.09 Å². The van der Waals surface area contributed by atoms with E-state index in [1.54, 1.807) is 24.1 Å². The van der Waals surface area contributed by atoms with Crippen LogP contribution in [-0.4, -0.2) is 59.2 Å². The Morgan fingerprint density at radius 1 is 0.907 bits per heavy atom. The summed E-state index contributed by atoms with van der Waals surface area (Å²) in [5.74, 6) is 0.354. The molecule has 0 spiro atoms. The third-order valence-corrected chi connectivity index (χ3v) is 7.28. The van der Waals surface area contributed by atoms with Crippen molar-refractivity contribution in [2.75, 3.05) is 20.2 Å². The molecule has 2 heterocycles. The van der Waals surface area contributed by atoms with Crippen molar-refractivity contribution in [1.82, 2.24) is 20.1 Å². The molecule has 0 aliphatic carbocycles. The molecule has 1 atom stereocenters. The number of benzene rings is 3. The Morgan fingerprint density at radius 2 is 1.63 bits per heavy atom. The molecule has 9 nitrogen and oxygen atoms in total. The highest BCUT2D eigenvalue weighted by Gasteiger charge is 2.33. The van der Waals surface area contributed by atoms with Crippen LogP contribution in [0.5, 0.6) is 5.75 Å². The number of rotatable bonds is 10. The first-order chi connectivity index (χ1) is 20.6. The van der Waals surface area contributed by atoms with E-state index in [2.05, 4.69) is 22.8 Å². The largest absolute Gasteiger partial charge is 0.497 e. The normalized spacial score (nSPS) is 14.0. The summed E-state index contributed by atoms with van der Waals surface area (Å²) < 4.78 is 12.2. The molecule has 9 heteroatoms. The van der Waals surface area contributed by atoms with Crippen molar-refractivity contribution in [2.24, 2.45) is 0 Å². The van der Waals surface area contributed by atoms with E-state index in [1.165, 1.54) is 4.57 Å². The Labute approximate surface area is 251 Å². The number of fused-ring (bicyclic) bond motifs is 3. The Bertz CT molecular complexity index is 1620. The van der Waals surface area contributed by atoms with Gasteiger partial charge in [0.05, 0.1) is 12.6 Å². The molecule has 0 radical (unpaired) electrons. The lowest BCUT2D eigenvalue weighted by molar-refractivity contribution is 0.0523. The van der Waals surface area contributed by atoms with Crippen molar-refractivity contribution in [2.45, 2.75) is 51.9 Å². The maximum Gasteiger partial charge on any atom is 0.407 e. The van der Waals surface area contributed by atoms with Crippen LogP contribution in [0, 0.1) is 0 Å². The van der Waals surface area contributed by atoms with Gasteiger partial charge in [0.1, 0.15) is 23.6 Å². The molecule has 1 aliphatic rings. The van der Waals surface area contributed by atoms with Crippen molar-refractivity contribution >= 4 is 28.8 Å². The first kappa shape index (κ1) is 29.8. The second-order valence-corrected chi connectivity index (χ2v) is 11.8. The standard InChI is InChI=1S/C34H38N4O5/c1-34(2,3)43-33(41)36-20-25-12-8-11-24(15-25)19-35-27(16-23-9-6-5-7-10-23)21-37-22-31(39)38-29-14-13-28(42-4)17-26(29)18-30(38)32(37)40/h5-15,17-18,27,35H,16,19-22H2,1-4H3,(H,36,41)/t27-/m0/s1. The van der Waals surface area contributed by atoms with Gasteiger partial charge in [-0.2, -0.15) is 0 Å². The van der Waals surface area contributed by atoms with Crippen LogP contribution in [0.25, 0.3) is 10.9 Å². The van der Waals surface area contributed by atoms with Gasteiger partial charge in [-0.1, -0.05) is 54.6 Å². The van der Waals surface area contributed by atoms with E-state index in [0.717, 1.165) is 22.1 Å². The molecule has 224 valence electrons. The molecule has 1 aliphatic heterocycles. The molecule has 4 aromatic rings. The van der Waals surface area contributed by atoms with Gasteiger partial charge in [-0.05, 0) is 68.1 Å². The van der Waals surface area contributed by atoms with Crippen LogP contribution in [0.15, 0.2) is 78.9 Å². The van der Waals surface area contributed by atoms with Crippen LogP contribution in [-0.2, 0) is 24.2 Å². The van der Waals surface area contributed by atoms with Crippen molar-refractivity contribution in [3.8, 4) is 5.75 Å². The highest BCUT2D eigenvalue weighted by atomic mass is 16.6. The van der Waals surface area contributed by atoms with Crippen molar-refractivity contribution in [1.29, 1.82) is 0 Å². The highest BCUT2D eigenvalue weighted by Crippen LogP contribution is 2.28. The summed E-state index contributed by atoms with van der Waals surface area (Å²) in [6.07, 6.45) is 0.219. The molecular weight excluding hydrogens is 544 g/mol. The zero-order valence-corrected chi connectivity index (χ0v) is 25.1. The molecule has 43 heavy (non-hydrogen) atoms. The van der Waals surface area contributed by atoms with Crippen LogP contribution in [0.2, 0.25) is 0 Å². The minimum absolute atomic E-state index is 0.000429. The third-order valence-electron chi connectivity index (χ3n) is 7.28. The van der Waals surface area contributed by atoms with Gasteiger partial charge in [0.25, 0.3) is 11.8 Å². The number of nitrogens with one attached hydrogen (secondary N) is 2. The molecule has 0 saturated heterocycles. The Hall–Kier alpha value is -4.63. The zero-order valence-electron chi connectivity index (χ0n) is 25.1. The average molecular weight is 583 g/mol. The number of methoxy groups -OCH3 is 1. The molecule has 2 amide bonds. The van der Waals surface area contributed by atoms with E-state index in [4.69, 9.17) is 9.47 Å². The maximum absolute atomic E-state index is 13.7. The average Bonchev–Trinajstić information content (AvgIpc) is 3.37. The van der Waals surface area contributed by atoms with Gasteiger partial charge in [0.15, 0.2) is 0 Å². The van der Waals surface area contributed by atoms with Crippen molar-refractivity contribution < 1.29 is 23.9 Å². The molecule has 0 saturated carbocycles. The Balaban J connectivity index is 1.30. The van der Waals surface area contributed by atoms with Gasteiger partial charge in [-0.25, -0.2) is 4.79 Å². The number of hydrogen-bond acceptors (Lipinski definition) is 6. The third kappa shape index (κ3) is 7.42. The number of ether oxygens (including phenoxy) is 2. The summed E-state index contributed by atoms with van der Waals surface area (Å²) >= 11 is 0. The molecule has 3 aromatic carbocycles. The van der Waals surface area contributed by atoms with E-state index in [-0.39, 0.29) is 24.4 Å². The monoisotopic (exact) mass is 582 g/mol. The maximum atomic E-state index is 13.7. The van der Waals surface area contributed by atoms with E-state index >= 15 is 0 Å². The summed E-state index contributed by atoms with van der Waals surface area (Å²) in [6.45, 7) is 6.75. The summed E-state index contributed by atoms with van der Waals surface area (Å²) in [6, 6.07) is 25.1. The van der Waals surface area contributed by atoms with Crippen molar-refractivity contribution in [3.63, 3.8) is 0 Å². The topological polar surface area (TPSA) is 102 Å². The van der Waals surface area contributed by atoms with E-state index in [0.29, 0.717) is 43.0 Å². The number of nitrogens with zero attached hydrogens (tertiary/aromatic N) is 2. The van der Waals surface area contributed by atoms with Gasteiger partial charge in [0.2, 0.25) is 0 Å². The van der Waals surface area contributed by atoms with E-state index < -0.39 is 11.7 Å². The van der Waals surface area contributed by atoms with Gasteiger partial charge in [-0.15, -0.1) is 0 Å². The zero-order chi connectivity index (χ0) is 30.6. The quantitative estimate of drug-likeness (QED) is 0.268. The van der Waals surface area contributed by atoms with Gasteiger partial charge < -0.3 is 25.0 Å². The SMILES string of the molecule is COc1ccc2c(c1)cc1n2C(=O)CN(C[C@H](Cc2ccccc2)NCc2cccc(CNC(=O)OC(C)(C)C)c2)C1=O. The molecule has 0 bridgehead atoms. The predicted octanol–water partition coefficient (Wildman–Crippen LogP) is 5.17. The Morgan fingerprint density at radius 3 is 2.35 bits per heavy atom. The predicted molar refractivity (Wildman–Crippen MR) is 165 cm³/mol. The molecule has 0 fully saturated rings. The molecule has 5 rings (SSSR count). The number of hydrogen-bond donors (Lipinski definition) is 2. The fourth-order valence-corrected chi connectivity index (χ4v) is 5.33. The second-order valence-electron chi connectivity index (χ2n) is 11.8. The number of carbonyl (C=O) groups excluding carboxylic acids is 3. The lowest BCUT2D eigenvalue weighted by Crippen LogP contribution is -2.50. The highest BCUT2D eigenvalue weighted by molar-refractivity contribution is 6.09. The second kappa shape index (κ2) is 12.7. The van der Waals surface area contributed by atoms with E-state index in [1.807, 2.05) is 75.4 Å². The number of aromatic nitrogens is 1. The summed E-state index contributed by atoms with van der Waals surface area (Å²) in [7, 11) is 1.59. The molecule has 2 N–H and O–H groups in total. The summed E-state index contributed by atoms with van der Waals surface area (Å²) in [4.78, 5) is 40.7. The van der Waals surface area contributed by atoms with Crippen LogP contribution in [0.3, 0.4) is 0 Å². The smallest absolute Gasteiger partial charge is 0.407 e.